The van der Waals surface area contributed by atoms with Gasteiger partial charge in [0.2, 0.25) is 0 Å². The number of carbonyl (C=O) groups excluding carboxylic acids is 2. The van der Waals surface area contributed by atoms with Crippen LogP contribution in [0.15, 0.2) is 61.1 Å². The molecule has 136 valence electrons. The van der Waals surface area contributed by atoms with E-state index in [2.05, 4.69) is 20.7 Å². The molecule has 3 heterocycles. The number of nitrogens with zero attached hydrogens (tertiary/aromatic N) is 4. The van der Waals surface area contributed by atoms with E-state index < -0.39 is 0 Å². The van der Waals surface area contributed by atoms with E-state index in [0.29, 0.717) is 36.7 Å². The Morgan fingerprint density at radius 1 is 1.22 bits per heavy atom. The number of benzene rings is 1. The molecule has 8 heteroatoms. The van der Waals surface area contributed by atoms with E-state index in [1.165, 1.54) is 0 Å². The van der Waals surface area contributed by atoms with Gasteiger partial charge in [-0.25, -0.2) is 4.79 Å². The molecule has 27 heavy (non-hydrogen) atoms. The van der Waals surface area contributed by atoms with Crippen molar-refractivity contribution in [1.29, 1.82) is 0 Å². The number of pyridine rings is 1. The van der Waals surface area contributed by atoms with Crippen LogP contribution in [0.3, 0.4) is 0 Å². The van der Waals surface area contributed by atoms with Gasteiger partial charge in [0.15, 0.2) is 5.82 Å². The van der Waals surface area contributed by atoms with Crippen LogP contribution in [0.5, 0.6) is 0 Å². The lowest BCUT2D eigenvalue weighted by molar-refractivity contribution is 0.102. The number of nitrogens with one attached hydrogen (secondary N) is 2. The molecule has 1 aromatic carbocycles. The molecule has 2 N–H and O–H groups in total. The van der Waals surface area contributed by atoms with Crippen molar-refractivity contribution in [3.63, 3.8) is 0 Å². The quantitative estimate of drug-likeness (QED) is 0.727. The molecule has 0 unspecified atom stereocenters. The molecular formula is C19H18N6O2. The SMILES string of the molecule is O=C(Nc1ccn(Cc2cccnc2)n1)c1cccc(N2CCNC2=O)c1. The second kappa shape index (κ2) is 7.28. The highest BCUT2D eigenvalue weighted by molar-refractivity contribution is 6.05. The molecule has 3 aromatic rings. The van der Waals surface area contributed by atoms with Crippen molar-refractivity contribution in [3.8, 4) is 0 Å². The molecule has 0 bridgehead atoms. The first kappa shape index (κ1) is 16.8. The monoisotopic (exact) mass is 362 g/mol. The maximum atomic E-state index is 12.5. The van der Waals surface area contributed by atoms with Crippen LogP contribution >= 0.6 is 0 Å². The average Bonchev–Trinajstić information content (AvgIpc) is 3.31. The second-order valence-corrected chi connectivity index (χ2v) is 6.15. The van der Waals surface area contributed by atoms with E-state index in [1.54, 1.807) is 52.4 Å². The molecule has 4 rings (SSSR count). The van der Waals surface area contributed by atoms with E-state index in [-0.39, 0.29) is 11.9 Å². The third-order valence-corrected chi connectivity index (χ3v) is 4.23. The number of hydrogen-bond acceptors (Lipinski definition) is 4. The van der Waals surface area contributed by atoms with Crippen molar-refractivity contribution in [2.75, 3.05) is 23.3 Å². The summed E-state index contributed by atoms with van der Waals surface area (Å²) in [6.45, 7) is 1.76. The van der Waals surface area contributed by atoms with Gasteiger partial charge in [-0.3, -0.25) is 19.4 Å². The molecule has 1 aliphatic heterocycles. The van der Waals surface area contributed by atoms with Crippen LogP contribution < -0.4 is 15.5 Å². The van der Waals surface area contributed by atoms with Crippen molar-refractivity contribution in [2.45, 2.75) is 6.54 Å². The molecule has 3 amide bonds. The van der Waals surface area contributed by atoms with Crippen LogP contribution in [-0.4, -0.2) is 39.8 Å². The van der Waals surface area contributed by atoms with Crippen molar-refractivity contribution in [2.24, 2.45) is 0 Å². The Balaban J connectivity index is 1.44. The third kappa shape index (κ3) is 3.79. The van der Waals surface area contributed by atoms with Gasteiger partial charge in [-0.2, -0.15) is 5.10 Å². The summed E-state index contributed by atoms with van der Waals surface area (Å²) in [7, 11) is 0. The molecule has 1 saturated heterocycles. The Bertz CT molecular complexity index is 969. The van der Waals surface area contributed by atoms with Gasteiger partial charge in [-0.15, -0.1) is 0 Å². The Hall–Kier alpha value is -3.68. The normalized spacial score (nSPS) is 13.5. The fraction of sp³-hybridized carbons (Fsp3) is 0.158. The van der Waals surface area contributed by atoms with Crippen LogP contribution in [0, 0.1) is 0 Å². The van der Waals surface area contributed by atoms with Gasteiger partial charge in [0.05, 0.1) is 6.54 Å². The number of rotatable bonds is 5. The maximum absolute atomic E-state index is 12.5. The summed E-state index contributed by atoms with van der Waals surface area (Å²) in [6.07, 6.45) is 5.30. The minimum Gasteiger partial charge on any atom is -0.336 e. The molecule has 0 radical (unpaired) electrons. The van der Waals surface area contributed by atoms with Crippen LogP contribution in [0.2, 0.25) is 0 Å². The van der Waals surface area contributed by atoms with Gasteiger partial charge < -0.3 is 10.6 Å². The first-order valence-corrected chi connectivity index (χ1v) is 8.58. The van der Waals surface area contributed by atoms with Gasteiger partial charge in [-0.05, 0) is 29.8 Å². The number of aromatic nitrogens is 3. The number of carbonyl (C=O) groups is 2. The highest BCUT2D eigenvalue weighted by Gasteiger charge is 2.21. The zero-order chi connectivity index (χ0) is 18.6. The number of anilines is 2. The molecule has 0 aliphatic carbocycles. The van der Waals surface area contributed by atoms with Gasteiger partial charge in [-0.1, -0.05) is 12.1 Å². The number of hydrogen-bond donors (Lipinski definition) is 2. The number of amides is 3. The summed E-state index contributed by atoms with van der Waals surface area (Å²) in [5.41, 5.74) is 2.18. The second-order valence-electron chi connectivity index (χ2n) is 6.15. The summed E-state index contributed by atoms with van der Waals surface area (Å²) in [5.74, 6) is 0.191. The fourth-order valence-electron chi connectivity index (χ4n) is 2.92. The fourth-order valence-corrected chi connectivity index (χ4v) is 2.92. The zero-order valence-corrected chi connectivity index (χ0v) is 14.5. The highest BCUT2D eigenvalue weighted by Crippen LogP contribution is 2.19. The summed E-state index contributed by atoms with van der Waals surface area (Å²) >= 11 is 0. The van der Waals surface area contributed by atoms with E-state index in [9.17, 15) is 9.59 Å². The molecule has 1 aliphatic rings. The molecule has 0 saturated carbocycles. The lowest BCUT2D eigenvalue weighted by Gasteiger charge is -2.15. The Morgan fingerprint density at radius 2 is 2.15 bits per heavy atom. The minimum atomic E-state index is -0.275. The van der Waals surface area contributed by atoms with Crippen molar-refractivity contribution >= 4 is 23.4 Å². The molecule has 0 spiro atoms. The molecule has 1 fully saturated rings. The van der Waals surface area contributed by atoms with Crippen molar-refractivity contribution in [3.05, 3.63) is 72.2 Å². The molecule has 8 nitrogen and oxygen atoms in total. The lowest BCUT2D eigenvalue weighted by atomic mass is 10.1. The topological polar surface area (TPSA) is 92.2 Å². The zero-order valence-electron chi connectivity index (χ0n) is 14.5. The molecule has 0 atom stereocenters. The van der Waals surface area contributed by atoms with Crippen LogP contribution in [0.1, 0.15) is 15.9 Å². The maximum Gasteiger partial charge on any atom is 0.321 e. The summed E-state index contributed by atoms with van der Waals surface area (Å²) in [4.78, 5) is 30.0. The average molecular weight is 362 g/mol. The van der Waals surface area contributed by atoms with Crippen LogP contribution in [0.4, 0.5) is 16.3 Å². The predicted octanol–water partition coefficient (Wildman–Crippen LogP) is 2.11. The Labute approximate surface area is 155 Å². The van der Waals surface area contributed by atoms with Crippen molar-refractivity contribution < 1.29 is 9.59 Å². The standard InChI is InChI=1S/C19H18N6O2/c26-18(15-4-1-5-16(11-15)25-10-8-21-19(25)27)22-17-6-9-24(23-17)13-14-3-2-7-20-12-14/h1-7,9,11-12H,8,10,13H2,(H,21,27)(H,22,23,26). The molecular weight excluding hydrogens is 344 g/mol. The van der Waals surface area contributed by atoms with E-state index in [1.807, 2.05) is 18.2 Å². The Kier molecular flexibility index (Phi) is 4.52. The van der Waals surface area contributed by atoms with Crippen LogP contribution in [-0.2, 0) is 6.54 Å². The van der Waals surface area contributed by atoms with E-state index in [4.69, 9.17) is 0 Å². The smallest absolute Gasteiger partial charge is 0.321 e. The van der Waals surface area contributed by atoms with Crippen LogP contribution in [0.25, 0.3) is 0 Å². The number of urea groups is 1. The summed E-state index contributed by atoms with van der Waals surface area (Å²) < 4.78 is 1.73. The first-order chi connectivity index (χ1) is 13.2. The summed E-state index contributed by atoms with van der Waals surface area (Å²) in [6, 6.07) is 12.4. The van der Waals surface area contributed by atoms with Crippen molar-refractivity contribution in [1.82, 2.24) is 20.1 Å². The Morgan fingerprint density at radius 3 is 2.93 bits per heavy atom. The van der Waals surface area contributed by atoms with Gasteiger partial charge in [0, 0.05) is 49.0 Å². The van der Waals surface area contributed by atoms with Gasteiger partial charge in [0.25, 0.3) is 5.91 Å². The lowest BCUT2D eigenvalue weighted by Crippen LogP contribution is -2.27. The molecule has 2 aromatic heterocycles. The minimum absolute atomic E-state index is 0.151. The highest BCUT2D eigenvalue weighted by atomic mass is 16.2. The first-order valence-electron chi connectivity index (χ1n) is 8.58. The van der Waals surface area contributed by atoms with Gasteiger partial charge >= 0.3 is 6.03 Å². The summed E-state index contributed by atoms with van der Waals surface area (Å²) in [5, 5.41) is 9.90. The van der Waals surface area contributed by atoms with Gasteiger partial charge in [0.1, 0.15) is 0 Å². The third-order valence-electron chi connectivity index (χ3n) is 4.23. The predicted molar refractivity (Wildman–Crippen MR) is 101 cm³/mol. The largest absolute Gasteiger partial charge is 0.336 e. The van der Waals surface area contributed by atoms with E-state index in [0.717, 1.165) is 5.56 Å². The van der Waals surface area contributed by atoms with E-state index >= 15 is 0 Å².